The largest absolute Gasteiger partial charge is 0.497 e. The molecule has 0 aliphatic carbocycles. The van der Waals surface area contributed by atoms with Crippen molar-refractivity contribution in [2.75, 3.05) is 20.2 Å². The summed E-state index contributed by atoms with van der Waals surface area (Å²) in [5.41, 5.74) is 0.476. The van der Waals surface area contributed by atoms with Crippen LogP contribution < -0.4 is 10.1 Å². The number of nitrogens with zero attached hydrogens (tertiary/aromatic N) is 1. The number of benzene rings is 1. The SMILES string of the molecule is COc1cccc(CNC(=O)C2(C)CCCN(C(=O)CC(C)C)C2)c1. The summed E-state index contributed by atoms with van der Waals surface area (Å²) >= 11 is 0. The van der Waals surface area contributed by atoms with Crippen molar-refractivity contribution in [3.63, 3.8) is 0 Å². The van der Waals surface area contributed by atoms with Gasteiger partial charge in [0.2, 0.25) is 11.8 Å². The summed E-state index contributed by atoms with van der Waals surface area (Å²) in [5.74, 6) is 1.28. The van der Waals surface area contributed by atoms with Crippen molar-refractivity contribution in [2.24, 2.45) is 11.3 Å². The van der Waals surface area contributed by atoms with Crippen molar-refractivity contribution >= 4 is 11.8 Å². The molecule has 1 heterocycles. The number of methoxy groups -OCH3 is 1. The maximum atomic E-state index is 12.8. The van der Waals surface area contributed by atoms with E-state index < -0.39 is 5.41 Å². The van der Waals surface area contributed by atoms with Crippen molar-refractivity contribution in [1.82, 2.24) is 10.2 Å². The smallest absolute Gasteiger partial charge is 0.227 e. The van der Waals surface area contributed by atoms with Gasteiger partial charge in [-0.1, -0.05) is 26.0 Å². The van der Waals surface area contributed by atoms with Crippen LogP contribution in [0.4, 0.5) is 0 Å². The molecule has 1 aliphatic rings. The molecule has 25 heavy (non-hydrogen) atoms. The molecule has 0 aromatic heterocycles. The minimum absolute atomic E-state index is 0.0115. The van der Waals surface area contributed by atoms with Crippen molar-refractivity contribution in [1.29, 1.82) is 0 Å². The van der Waals surface area contributed by atoms with E-state index >= 15 is 0 Å². The molecule has 0 spiro atoms. The van der Waals surface area contributed by atoms with Gasteiger partial charge >= 0.3 is 0 Å². The van der Waals surface area contributed by atoms with Crippen molar-refractivity contribution in [3.05, 3.63) is 29.8 Å². The van der Waals surface area contributed by atoms with Crippen molar-refractivity contribution in [3.8, 4) is 5.75 Å². The number of amides is 2. The van der Waals surface area contributed by atoms with Gasteiger partial charge in [0, 0.05) is 26.1 Å². The molecule has 5 heteroatoms. The molecule has 5 nitrogen and oxygen atoms in total. The number of piperidine rings is 1. The Morgan fingerprint density at radius 3 is 2.80 bits per heavy atom. The van der Waals surface area contributed by atoms with E-state index in [0.717, 1.165) is 30.7 Å². The number of carbonyl (C=O) groups is 2. The minimum Gasteiger partial charge on any atom is -0.497 e. The van der Waals surface area contributed by atoms with Gasteiger partial charge in [0.1, 0.15) is 5.75 Å². The van der Waals surface area contributed by atoms with E-state index in [1.807, 2.05) is 49.9 Å². The standard InChI is InChI=1S/C20H30N2O3/c1-15(2)11-18(23)22-10-6-9-20(3,14-22)19(24)21-13-16-7-5-8-17(12-16)25-4/h5,7-8,12,15H,6,9-11,13-14H2,1-4H3,(H,21,24). The van der Waals surface area contributed by atoms with Gasteiger partial charge in [0.05, 0.1) is 12.5 Å². The maximum Gasteiger partial charge on any atom is 0.227 e. The van der Waals surface area contributed by atoms with Gasteiger partial charge in [-0.15, -0.1) is 0 Å². The second kappa shape index (κ2) is 8.37. The van der Waals surface area contributed by atoms with Gasteiger partial charge in [0.15, 0.2) is 0 Å². The highest BCUT2D eigenvalue weighted by atomic mass is 16.5. The zero-order chi connectivity index (χ0) is 18.4. The molecule has 0 saturated carbocycles. The Morgan fingerprint density at radius 2 is 2.12 bits per heavy atom. The summed E-state index contributed by atoms with van der Waals surface area (Å²) in [6.07, 6.45) is 2.22. The first-order valence-corrected chi connectivity index (χ1v) is 9.03. The van der Waals surface area contributed by atoms with Crippen LogP contribution in [0, 0.1) is 11.3 Å². The molecule has 1 fully saturated rings. The fourth-order valence-electron chi connectivity index (χ4n) is 3.29. The molecular formula is C20H30N2O3. The number of hydrogen-bond acceptors (Lipinski definition) is 3. The summed E-state index contributed by atoms with van der Waals surface area (Å²) in [7, 11) is 1.63. The molecule has 1 N–H and O–H groups in total. The first kappa shape index (κ1) is 19.3. The molecule has 0 radical (unpaired) electrons. The van der Waals surface area contributed by atoms with E-state index in [-0.39, 0.29) is 11.8 Å². The van der Waals surface area contributed by atoms with Crippen molar-refractivity contribution in [2.45, 2.75) is 46.6 Å². The Bertz CT molecular complexity index is 615. The Kier molecular flexibility index (Phi) is 6.45. The Hall–Kier alpha value is -2.04. The van der Waals surface area contributed by atoms with Crippen LogP contribution in [0.1, 0.15) is 45.6 Å². The van der Waals surface area contributed by atoms with Gasteiger partial charge in [-0.25, -0.2) is 0 Å². The quantitative estimate of drug-likeness (QED) is 0.861. The molecule has 1 aromatic carbocycles. The molecule has 1 aromatic rings. The molecule has 0 bridgehead atoms. The number of ether oxygens (including phenoxy) is 1. The van der Waals surface area contributed by atoms with E-state index in [1.165, 1.54) is 0 Å². The van der Waals surface area contributed by atoms with Crippen LogP contribution in [0.15, 0.2) is 24.3 Å². The average Bonchev–Trinajstić information content (AvgIpc) is 2.59. The topological polar surface area (TPSA) is 58.6 Å². The Balaban J connectivity index is 1.95. The Labute approximate surface area is 150 Å². The van der Waals surface area contributed by atoms with E-state index in [2.05, 4.69) is 5.32 Å². The van der Waals surface area contributed by atoms with Crippen LogP contribution in [0.25, 0.3) is 0 Å². The lowest BCUT2D eigenvalue weighted by atomic mass is 9.80. The fraction of sp³-hybridized carbons (Fsp3) is 0.600. The van der Waals surface area contributed by atoms with Crippen LogP contribution in [0.2, 0.25) is 0 Å². The fourth-order valence-corrected chi connectivity index (χ4v) is 3.29. The summed E-state index contributed by atoms with van der Waals surface area (Å²) in [5, 5.41) is 3.03. The normalized spacial score (nSPS) is 20.4. The highest BCUT2D eigenvalue weighted by molar-refractivity contribution is 5.84. The molecule has 2 rings (SSSR count). The number of rotatable bonds is 6. The second-order valence-corrected chi connectivity index (χ2v) is 7.61. The monoisotopic (exact) mass is 346 g/mol. The summed E-state index contributed by atoms with van der Waals surface area (Å²) in [4.78, 5) is 27.0. The van der Waals surface area contributed by atoms with E-state index in [4.69, 9.17) is 4.74 Å². The molecule has 1 atom stereocenters. The number of carbonyl (C=O) groups excluding carboxylic acids is 2. The Morgan fingerprint density at radius 1 is 1.36 bits per heavy atom. The minimum atomic E-state index is -0.524. The van der Waals surface area contributed by atoms with Crippen molar-refractivity contribution < 1.29 is 14.3 Å². The lowest BCUT2D eigenvalue weighted by Crippen LogP contribution is -2.51. The molecule has 2 amide bonds. The highest BCUT2D eigenvalue weighted by Crippen LogP contribution is 2.30. The number of nitrogens with one attached hydrogen (secondary N) is 1. The van der Waals surface area contributed by atoms with Crippen LogP contribution >= 0.6 is 0 Å². The number of hydrogen-bond donors (Lipinski definition) is 1. The summed E-state index contributed by atoms with van der Waals surface area (Å²) in [6.45, 7) is 7.77. The third-order valence-corrected chi connectivity index (χ3v) is 4.77. The summed E-state index contributed by atoms with van der Waals surface area (Å²) < 4.78 is 5.21. The molecule has 1 aliphatic heterocycles. The summed E-state index contributed by atoms with van der Waals surface area (Å²) in [6, 6.07) is 7.67. The molecular weight excluding hydrogens is 316 g/mol. The van der Waals surface area contributed by atoms with E-state index in [0.29, 0.717) is 25.4 Å². The molecule has 138 valence electrons. The van der Waals surface area contributed by atoms with Gasteiger partial charge in [-0.2, -0.15) is 0 Å². The highest BCUT2D eigenvalue weighted by Gasteiger charge is 2.39. The number of likely N-dealkylation sites (tertiary alicyclic amines) is 1. The maximum absolute atomic E-state index is 12.8. The zero-order valence-corrected chi connectivity index (χ0v) is 15.8. The van der Waals surface area contributed by atoms with Gasteiger partial charge in [0.25, 0.3) is 0 Å². The van der Waals surface area contributed by atoms with Crippen LogP contribution in [-0.4, -0.2) is 36.9 Å². The van der Waals surface area contributed by atoms with Crippen LogP contribution in [0.5, 0.6) is 5.75 Å². The van der Waals surface area contributed by atoms with E-state index in [9.17, 15) is 9.59 Å². The molecule has 1 saturated heterocycles. The lowest BCUT2D eigenvalue weighted by molar-refractivity contribution is -0.141. The lowest BCUT2D eigenvalue weighted by Gasteiger charge is -2.39. The van der Waals surface area contributed by atoms with Crippen LogP contribution in [0.3, 0.4) is 0 Å². The molecule has 1 unspecified atom stereocenters. The first-order valence-electron chi connectivity index (χ1n) is 9.03. The second-order valence-electron chi connectivity index (χ2n) is 7.61. The van der Waals surface area contributed by atoms with E-state index in [1.54, 1.807) is 7.11 Å². The predicted molar refractivity (Wildman–Crippen MR) is 98.2 cm³/mol. The van der Waals surface area contributed by atoms with Gasteiger partial charge in [-0.05, 0) is 43.4 Å². The third kappa shape index (κ3) is 5.21. The third-order valence-electron chi connectivity index (χ3n) is 4.77. The first-order chi connectivity index (χ1) is 11.8. The zero-order valence-electron chi connectivity index (χ0n) is 15.8. The van der Waals surface area contributed by atoms with Gasteiger partial charge < -0.3 is 15.0 Å². The predicted octanol–water partition coefficient (Wildman–Crippen LogP) is 2.99. The van der Waals surface area contributed by atoms with Crippen LogP contribution in [-0.2, 0) is 16.1 Å². The van der Waals surface area contributed by atoms with Gasteiger partial charge in [-0.3, -0.25) is 9.59 Å². The average molecular weight is 346 g/mol.